The first-order valence-electron chi connectivity index (χ1n) is 14.4. The van der Waals surface area contributed by atoms with Gasteiger partial charge >= 0.3 is 6.36 Å². The van der Waals surface area contributed by atoms with Crippen molar-refractivity contribution in [3.63, 3.8) is 0 Å². The van der Waals surface area contributed by atoms with Crippen molar-refractivity contribution in [2.75, 3.05) is 20.1 Å². The van der Waals surface area contributed by atoms with Crippen LogP contribution in [0.5, 0.6) is 17.2 Å². The number of aliphatic hydroxyl groups excluding tert-OH is 1. The number of alkyl halides is 3. The van der Waals surface area contributed by atoms with Gasteiger partial charge in [-0.2, -0.15) is 0 Å². The molecule has 7 rings (SSSR count). The molecule has 3 N–H and O–H groups in total. The second-order valence-electron chi connectivity index (χ2n) is 12.4. The Bertz CT molecular complexity index is 1460. The van der Waals surface area contributed by atoms with Gasteiger partial charge in [0.1, 0.15) is 11.9 Å². The van der Waals surface area contributed by atoms with Gasteiger partial charge in [0.25, 0.3) is 0 Å². The van der Waals surface area contributed by atoms with Crippen LogP contribution in [-0.4, -0.2) is 87.4 Å². The van der Waals surface area contributed by atoms with Gasteiger partial charge in [0.05, 0.1) is 23.2 Å². The predicted octanol–water partition coefficient (Wildman–Crippen LogP) is 3.37. The van der Waals surface area contributed by atoms with Crippen molar-refractivity contribution in [2.24, 2.45) is 5.92 Å². The summed E-state index contributed by atoms with van der Waals surface area (Å²) in [6.45, 7) is 1.17. The highest BCUT2D eigenvalue weighted by Gasteiger charge is 2.76. The lowest BCUT2D eigenvalue weighted by molar-refractivity contribution is -0.274. The number of ether oxygens (including phenoxy) is 2. The lowest BCUT2D eigenvalue weighted by Gasteiger charge is -2.66. The van der Waals surface area contributed by atoms with Crippen LogP contribution in [-0.2, 0) is 16.6 Å². The standard InChI is InChI=1S/C31H33F3N2O6/c1-35(25(39)10-7-17-3-2-4-20(13-17)42-31(32,33)34)21-11-12-29(40)23-14-19-8-9-22(37)27-26(19)30(29,28(21)41-27)24(38)16-36(23)15-18-5-6-18/h2-4,7-10,13,18,21,23-24,28,37-38,40H,5-6,11-12,14-16H2,1H3/b10-7+/t21?,23-,24?,28?,29-,30+/m1/s1. The van der Waals surface area contributed by atoms with Crippen molar-refractivity contribution in [3.05, 3.63) is 59.2 Å². The Morgan fingerprint density at radius 3 is 2.76 bits per heavy atom. The van der Waals surface area contributed by atoms with E-state index in [1.54, 1.807) is 19.2 Å². The first-order chi connectivity index (χ1) is 19.9. The van der Waals surface area contributed by atoms with Gasteiger partial charge in [-0.3, -0.25) is 9.69 Å². The average molecular weight is 587 g/mol. The van der Waals surface area contributed by atoms with Crippen molar-refractivity contribution in [1.82, 2.24) is 9.80 Å². The summed E-state index contributed by atoms with van der Waals surface area (Å²) < 4.78 is 48.4. The summed E-state index contributed by atoms with van der Waals surface area (Å²) in [6.07, 6.45) is -0.361. The van der Waals surface area contributed by atoms with E-state index in [-0.39, 0.29) is 17.5 Å². The molecule has 2 bridgehead atoms. The lowest BCUT2D eigenvalue weighted by Crippen LogP contribution is -2.82. The normalized spacial score (nSPS) is 33.3. The van der Waals surface area contributed by atoms with Gasteiger partial charge in [-0.25, -0.2) is 0 Å². The van der Waals surface area contributed by atoms with Gasteiger partial charge in [0, 0.05) is 37.8 Å². The summed E-state index contributed by atoms with van der Waals surface area (Å²) in [5.74, 6) is -0.0538. The van der Waals surface area contributed by atoms with Crippen LogP contribution in [0.1, 0.15) is 42.4 Å². The van der Waals surface area contributed by atoms with Gasteiger partial charge in [-0.15, -0.1) is 13.2 Å². The van der Waals surface area contributed by atoms with Crippen LogP contribution in [0.15, 0.2) is 42.5 Å². The summed E-state index contributed by atoms with van der Waals surface area (Å²) in [5, 5.41) is 35.4. The van der Waals surface area contributed by atoms with Gasteiger partial charge in [0.15, 0.2) is 11.5 Å². The molecule has 2 aliphatic heterocycles. The molecule has 8 nitrogen and oxygen atoms in total. The third-order valence-corrected chi connectivity index (χ3v) is 10.1. The summed E-state index contributed by atoms with van der Waals surface area (Å²) in [4.78, 5) is 17.2. The number of aromatic hydroxyl groups is 1. The summed E-state index contributed by atoms with van der Waals surface area (Å²) in [5.41, 5.74) is -0.639. The number of aliphatic hydroxyl groups is 2. The van der Waals surface area contributed by atoms with Gasteiger partial charge in [0.2, 0.25) is 5.91 Å². The molecule has 3 aliphatic carbocycles. The number of rotatable bonds is 6. The second kappa shape index (κ2) is 9.36. The Kier molecular flexibility index (Phi) is 6.14. The van der Waals surface area contributed by atoms with Crippen LogP contribution in [0, 0.1) is 5.92 Å². The van der Waals surface area contributed by atoms with E-state index in [1.165, 1.54) is 35.3 Å². The smallest absolute Gasteiger partial charge is 0.504 e. The first kappa shape index (κ1) is 27.5. The number of β-amino-alcohol motifs (C(OH)–C–C–N with tert-alkyl or cyclic N) is 1. The van der Waals surface area contributed by atoms with Crippen LogP contribution >= 0.6 is 0 Å². The van der Waals surface area contributed by atoms with E-state index in [0.717, 1.165) is 24.9 Å². The molecule has 0 aromatic heterocycles. The topological polar surface area (TPSA) is 103 Å². The maximum absolute atomic E-state index is 13.4. The number of hydrogen-bond donors (Lipinski definition) is 3. The fourth-order valence-electron chi connectivity index (χ4n) is 8.17. The molecule has 0 radical (unpaired) electrons. The SMILES string of the molecule is CN(C(=O)/C=C/c1cccc(OC(F)(F)F)c1)C1CC[C@@]2(O)[C@H]3Cc4ccc(O)c5c4[C@@]2(C(O)CN3CC2CC2)C1O5. The molecular weight excluding hydrogens is 553 g/mol. The zero-order chi connectivity index (χ0) is 29.6. The number of phenolic OH excluding ortho intramolecular Hbond substituents is 1. The van der Waals surface area contributed by atoms with E-state index >= 15 is 0 Å². The molecule has 5 aliphatic rings. The van der Waals surface area contributed by atoms with Crippen LogP contribution in [0.3, 0.4) is 0 Å². The molecule has 1 amide bonds. The first-order valence-corrected chi connectivity index (χ1v) is 14.4. The Hall–Kier alpha value is -3.28. The van der Waals surface area contributed by atoms with Gasteiger partial charge < -0.3 is 29.7 Å². The number of carbonyl (C=O) groups excluding carboxylic acids is 1. The Labute approximate surface area is 240 Å². The number of piperidine rings is 1. The highest BCUT2D eigenvalue weighted by atomic mass is 19.4. The molecule has 11 heteroatoms. The number of halogens is 3. The minimum atomic E-state index is -4.83. The molecular formula is C31H33F3N2O6. The molecule has 6 atom stereocenters. The molecule has 2 aromatic rings. The molecule has 2 heterocycles. The van der Waals surface area contributed by atoms with Crippen molar-refractivity contribution in [3.8, 4) is 17.2 Å². The average Bonchev–Trinajstić information content (AvgIpc) is 3.66. The zero-order valence-corrected chi connectivity index (χ0v) is 23.1. The number of nitrogens with zero attached hydrogens (tertiary/aromatic N) is 2. The summed E-state index contributed by atoms with van der Waals surface area (Å²) in [7, 11) is 1.61. The van der Waals surface area contributed by atoms with Crippen LogP contribution < -0.4 is 9.47 Å². The number of carbonyl (C=O) groups is 1. The largest absolute Gasteiger partial charge is 0.573 e. The van der Waals surface area contributed by atoms with Crippen molar-refractivity contribution >= 4 is 12.0 Å². The van der Waals surface area contributed by atoms with Crippen molar-refractivity contribution < 1.29 is 42.8 Å². The Morgan fingerprint density at radius 2 is 2.02 bits per heavy atom. The molecule has 42 heavy (non-hydrogen) atoms. The minimum Gasteiger partial charge on any atom is -0.504 e. The second-order valence-corrected chi connectivity index (χ2v) is 12.4. The molecule has 2 aromatic carbocycles. The lowest BCUT2D eigenvalue weighted by atomic mass is 9.47. The van der Waals surface area contributed by atoms with Crippen molar-refractivity contribution in [2.45, 2.75) is 73.8 Å². The maximum atomic E-state index is 13.4. The molecule has 3 fully saturated rings. The fraction of sp³-hybridized carbons (Fsp3) is 0.516. The number of likely N-dealkylation sites (N-methyl/N-ethyl adjacent to an activating group) is 1. The molecule has 1 spiro atoms. The monoisotopic (exact) mass is 586 g/mol. The third kappa shape index (κ3) is 4.04. The fourth-order valence-corrected chi connectivity index (χ4v) is 8.17. The van der Waals surface area contributed by atoms with E-state index in [1.807, 2.05) is 6.07 Å². The van der Waals surface area contributed by atoms with E-state index in [9.17, 15) is 33.3 Å². The third-order valence-electron chi connectivity index (χ3n) is 10.1. The molecule has 2 saturated carbocycles. The summed E-state index contributed by atoms with van der Waals surface area (Å²) in [6, 6.07) is 7.98. The molecule has 224 valence electrons. The van der Waals surface area contributed by atoms with Crippen LogP contribution in [0.4, 0.5) is 13.2 Å². The van der Waals surface area contributed by atoms with Crippen molar-refractivity contribution in [1.29, 1.82) is 0 Å². The number of hydrogen-bond acceptors (Lipinski definition) is 7. The maximum Gasteiger partial charge on any atom is 0.573 e. The number of benzene rings is 2. The summed E-state index contributed by atoms with van der Waals surface area (Å²) >= 11 is 0. The quantitative estimate of drug-likeness (QED) is 0.447. The number of likely N-dealkylation sites (tertiary alicyclic amines) is 1. The van der Waals surface area contributed by atoms with E-state index in [4.69, 9.17) is 4.74 Å². The molecule has 3 unspecified atom stereocenters. The zero-order valence-electron chi connectivity index (χ0n) is 23.1. The molecule has 1 saturated heterocycles. The number of amides is 1. The minimum absolute atomic E-state index is 0.0699. The van der Waals surface area contributed by atoms with Gasteiger partial charge in [-0.05, 0) is 73.4 Å². The van der Waals surface area contributed by atoms with Crippen LogP contribution in [0.2, 0.25) is 0 Å². The van der Waals surface area contributed by atoms with E-state index < -0.39 is 47.3 Å². The number of phenols is 1. The van der Waals surface area contributed by atoms with E-state index in [0.29, 0.717) is 42.9 Å². The predicted molar refractivity (Wildman–Crippen MR) is 145 cm³/mol. The van der Waals surface area contributed by atoms with Gasteiger partial charge in [-0.1, -0.05) is 18.2 Å². The Morgan fingerprint density at radius 1 is 1.24 bits per heavy atom. The highest BCUT2D eigenvalue weighted by Crippen LogP contribution is 2.66. The Balaban J connectivity index is 1.21. The van der Waals surface area contributed by atoms with E-state index in [2.05, 4.69) is 9.64 Å². The highest BCUT2D eigenvalue weighted by molar-refractivity contribution is 5.92. The van der Waals surface area contributed by atoms with Crippen LogP contribution in [0.25, 0.3) is 6.08 Å².